The van der Waals surface area contributed by atoms with Crippen molar-refractivity contribution in [3.8, 4) is 0 Å². The Morgan fingerprint density at radius 3 is 2.53 bits per heavy atom. The van der Waals surface area contributed by atoms with E-state index in [1.165, 1.54) is 11.1 Å². The molecule has 0 aliphatic heterocycles. The molecule has 0 heterocycles. The van der Waals surface area contributed by atoms with Crippen molar-refractivity contribution >= 4 is 5.71 Å². The van der Waals surface area contributed by atoms with Crippen LogP contribution in [0.15, 0.2) is 54.1 Å². The zero-order valence-electron chi connectivity index (χ0n) is 8.90. The molecule has 1 N–H and O–H groups in total. The minimum atomic E-state index is 0.258. The molecule has 0 saturated heterocycles. The van der Waals surface area contributed by atoms with Gasteiger partial charge < -0.3 is 5.41 Å². The first kappa shape index (κ1) is 9.91. The van der Waals surface area contributed by atoms with Crippen LogP contribution in [0.1, 0.15) is 12.5 Å². The van der Waals surface area contributed by atoms with Gasteiger partial charge in [-0.1, -0.05) is 49.4 Å². The maximum absolute atomic E-state index is 7.63. The van der Waals surface area contributed by atoms with E-state index < -0.39 is 0 Å². The maximum atomic E-state index is 7.63. The summed E-state index contributed by atoms with van der Waals surface area (Å²) in [5.41, 5.74) is 3.34. The molecule has 1 nitrogen and oxygen atoms in total. The molecule has 0 aromatic heterocycles. The average Bonchev–Trinajstić information content (AvgIpc) is 2.25. The fraction of sp³-hybridized carbons (Fsp3) is 0.214. The lowest BCUT2D eigenvalue weighted by Gasteiger charge is -2.13. The average molecular weight is 197 g/mol. The Hall–Kier alpha value is -1.63. The molecule has 15 heavy (non-hydrogen) atoms. The molecule has 0 fully saturated rings. The Kier molecular flexibility index (Phi) is 2.82. The highest BCUT2D eigenvalue weighted by molar-refractivity contribution is 5.96. The van der Waals surface area contributed by atoms with Gasteiger partial charge in [0.15, 0.2) is 0 Å². The van der Waals surface area contributed by atoms with Crippen LogP contribution in [-0.4, -0.2) is 5.71 Å². The van der Waals surface area contributed by atoms with Crippen LogP contribution in [0.25, 0.3) is 0 Å². The lowest BCUT2D eigenvalue weighted by atomic mass is 9.93. The van der Waals surface area contributed by atoms with Gasteiger partial charge in [0.1, 0.15) is 0 Å². The summed E-state index contributed by atoms with van der Waals surface area (Å²) in [6.07, 6.45) is 7.10. The fourth-order valence-electron chi connectivity index (χ4n) is 1.76. The van der Waals surface area contributed by atoms with Crippen molar-refractivity contribution < 1.29 is 0 Å². The van der Waals surface area contributed by atoms with E-state index in [0.717, 1.165) is 6.42 Å². The number of benzene rings is 1. The van der Waals surface area contributed by atoms with Crippen LogP contribution in [-0.2, 0) is 6.42 Å². The molecule has 1 atom stereocenters. The van der Waals surface area contributed by atoms with E-state index in [4.69, 9.17) is 5.41 Å². The third kappa shape index (κ3) is 2.44. The largest absolute Gasteiger partial charge is 0.305 e. The monoisotopic (exact) mass is 197 g/mol. The predicted octanol–water partition coefficient (Wildman–Crippen LogP) is 3.38. The normalized spacial score (nSPS) is 20.2. The molecular formula is C14H15N. The summed E-state index contributed by atoms with van der Waals surface area (Å²) >= 11 is 0. The molecule has 0 bridgehead atoms. The Morgan fingerprint density at radius 1 is 1.13 bits per heavy atom. The van der Waals surface area contributed by atoms with Gasteiger partial charge in [0.2, 0.25) is 0 Å². The molecule has 2 rings (SSSR count). The van der Waals surface area contributed by atoms with Gasteiger partial charge in [-0.2, -0.15) is 0 Å². The van der Waals surface area contributed by atoms with Gasteiger partial charge in [-0.05, 0) is 23.6 Å². The van der Waals surface area contributed by atoms with Crippen LogP contribution >= 0.6 is 0 Å². The summed E-state index contributed by atoms with van der Waals surface area (Å²) < 4.78 is 0. The van der Waals surface area contributed by atoms with Gasteiger partial charge in [-0.3, -0.25) is 0 Å². The zero-order valence-corrected chi connectivity index (χ0v) is 8.90. The standard InChI is InChI=1S/C14H15N/c1-11-9-13(7-8-14(11)15)10-12-5-3-2-4-6-12/h2-9,11,15H,10H2,1H3. The van der Waals surface area contributed by atoms with Gasteiger partial charge >= 0.3 is 0 Å². The number of hydrogen-bond acceptors (Lipinski definition) is 1. The number of allylic oxidation sites excluding steroid dienone is 4. The summed E-state index contributed by atoms with van der Waals surface area (Å²) in [6, 6.07) is 10.4. The summed E-state index contributed by atoms with van der Waals surface area (Å²) in [6.45, 7) is 2.07. The summed E-state index contributed by atoms with van der Waals surface area (Å²) in [5.74, 6) is 0.258. The third-order valence-corrected chi connectivity index (χ3v) is 2.68. The molecule has 1 heteroatoms. The molecule has 0 radical (unpaired) electrons. The quantitative estimate of drug-likeness (QED) is 0.751. The van der Waals surface area contributed by atoms with Gasteiger partial charge in [-0.15, -0.1) is 0 Å². The molecule has 0 amide bonds. The molecular weight excluding hydrogens is 182 g/mol. The van der Waals surface area contributed by atoms with Crippen molar-refractivity contribution in [3.05, 3.63) is 59.7 Å². The van der Waals surface area contributed by atoms with Crippen molar-refractivity contribution in [3.63, 3.8) is 0 Å². The van der Waals surface area contributed by atoms with E-state index in [0.29, 0.717) is 5.71 Å². The Labute approximate surface area is 90.7 Å². The molecule has 1 aliphatic carbocycles. The molecule has 76 valence electrons. The van der Waals surface area contributed by atoms with Crippen molar-refractivity contribution in [2.75, 3.05) is 0 Å². The van der Waals surface area contributed by atoms with Crippen LogP contribution in [0, 0.1) is 11.3 Å². The highest BCUT2D eigenvalue weighted by atomic mass is 14.4. The number of rotatable bonds is 2. The molecule has 1 unspecified atom stereocenters. The fourth-order valence-corrected chi connectivity index (χ4v) is 1.76. The second-order valence-corrected chi connectivity index (χ2v) is 3.98. The van der Waals surface area contributed by atoms with Crippen molar-refractivity contribution in [2.24, 2.45) is 5.92 Å². The van der Waals surface area contributed by atoms with Crippen LogP contribution < -0.4 is 0 Å². The smallest absolute Gasteiger partial charge is 0.0380 e. The zero-order chi connectivity index (χ0) is 10.7. The van der Waals surface area contributed by atoms with E-state index in [1.54, 1.807) is 0 Å². The summed E-state index contributed by atoms with van der Waals surface area (Å²) in [7, 11) is 0. The molecule has 1 aromatic carbocycles. The molecule has 0 spiro atoms. The van der Waals surface area contributed by atoms with Crippen molar-refractivity contribution in [1.82, 2.24) is 0 Å². The Morgan fingerprint density at radius 2 is 1.87 bits per heavy atom. The van der Waals surface area contributed by atoms with Crippen molar-refractivity contribution in [2.45, 2.75) is 13.3 Å². The molecule has 1 aromatic rings. The van der Waals surface area contributed by atoms with Crippen molar-refractivity contribution in [1.29, 1.82) is 5.41 Å². The van der Waals surface area contributed by atoms with E-state index in [2.05, 4.69) is 43.3 Å². The van der Waals surface area contributed by atoms with Gasteiger partial charge in [0, 0.05) is 11.6 Å². The lowest BCUT2D eigenvalue weighted by Crippen LogP contribution is -2.09. The molecule has 0 saturated carbocycles. The first-order valence-corrected chi connectivity index (χ1v) is 5.27. The van der Waals surface area contributed by atoms with Gasteiger partial charge in [-0.25, -0.2) is 0 Å². The van der Waals surface area contributed by atoms with E-state index in [1.807, 2.05) is 12.1 Å². The Balaban J connectivity index is 2.12. The maximum Gasteiger partial charge on any atom is 0.0380 e. The van der Waals surface area contributed by atoms with Gasteiger partial charge in [0.05, 0.1) is 0 Å². The Bertz CT molecular complexity index is 412. The second kappa shape index (κ2) is 4.26. The highest BCUT2D eigenvalue weighted by Gasteiger charge is 2.09. The van der Waals surface area contributed by atoms with E-state index >= 15 is 0 Å². The van der Waals surface area contributed by atoms with Crippen LogP contribution in [0.5, 0.6) is 0 Å². The minimum Gasteiger partial charge on any atom is -0.305 e. The SMILES string of the molecule is CC1C=C(Cc2ccccc2)C=CC1=N. The predicted molar refractivity (Wildman–Crippen MR) is 64.3 cm³/mol. The highest BCUT2D eigenvalue weighted by Crippen LogP contribution is 2.17. The van der Waals surface area contributed by atoms with Gasteiger partial charge in [0.25, 0.3) is 0 Å². The first-order chi connectivity index (χ1) is 7.25. The van der Waals surface area contributed by atoms with Crippen LogP contribution in [0.2, 0.25) is 0 Å². The number of hydrogen-bond donors (Lipinski definition) is 1. The van der Waals surface area contributed by atoms with Crippen LogP contribution in [0.4, 0.5) is 0 Å². The van der Waals surface area contributed by atoms with Crippen LogP contribution in [0.3, 0.4) is 0 Å². The molecule has 1 aliphatic rings. The number of nitrogens with one attached hydrogen (secondary N) is 1. The summed E-state index contributed by atoms with van der Waals surface area (Å²) in [4.78, 5) is 0. The second-order valence-electron chi connectivity index (χ2n) is 3.98. The summed E-state index contributed by atoms with van der Waals surface area (Å²) in [5, 5.41) is 7.63. The van der Waals surface area contributed by atoms with E-state index in [-0.39, 0.29) is 5.92 Å². The minimum absolute atomic E-state index is 0.258. The first-order valence-electron chi connectivity index (χ1n) is 5.27. The topological polar surface area (TPSA) is 23.9 Å². The van der Waals surface area contributed by atoms with E-state index in [9.17, 15) is 0 Å². The lowest BCUT2D eigenvalue weighted by molar-refractivity contribution is 0.957. The third-order valence-electron chi connectivity index (χ3n) is 2.68.